The van der Waals surface area contributed by atoms with E-state index in [2.05, 4.69) is 51.6 Å². The van der Waals surface area contributed by atoms with Gasteiger partial charge >= 0.3 is 0 Å². The van der Waals surface area contributed by atoms with Gasteiger partial charge in [-0.25, -0.2) is 0 Å². The fourth-order valence-corrected chi connectivity index (χ4v) is 3.63. The van der Waals surface area contributed by atoms with Crippen LogP contribution in [0.3, 0.4) is 0 Å². The van der Waals surface area contributed by atoms with Gasteiger partial charge in [-0.15, -0.1) is 0 Å². The second-order valence-corrected chi connectivity index (χ2v) is 7.62. The molecule has 148 valence electrons. The van der Waals surface area contributed by atoms with E-state index in [0.717, 1.165) is 51.3 Å². The van der Waals surface area contributed by atoms with Gasteiger partial charge in [0.2, 0.25) is 0 Å². The normalized spacial score (nSPS) is 11.5. The van der Waals surface area contributed by atoms with Gasteiger partial charge in [0.1, 0.15) is 5.75 Å². The molecule has 0 heterocycles. The van der Waals surface area contributed by atoms with E-state index in [1.54, 1.807) is 12.1 Å². The van der Waals surface area contributed by atoms with Crippen molar-refractivity contribution in [1.82, 2.24) is 0 Å². The van der Waals surface area contributed by atoms with Gasteiger partial charge in [-0.2, -0.15) is 0 Å². The first-order valence-corrected chi connectivity index (χ1v) is 9.74. The fourth-order valence-electron chi connectivity index (χ4n) is 3.63. The molecule has 0 aliphatic carbocycles. The number of aliphatic imine (C=N–C) groups is 1. The molecule has 0 aromatic heterocycles. The van der Waals surface area contributed by atoms with Crippen molar-refractivity contribution in [1.29, 1.82) is 0 Å². The fraction of sp³-hybridized carbons (Fsp3) is 0.192. The molecule has 0 saturated heterocycles. The lowest BCUT2D eigenvalue weighted by molar-refractivity contribution is 0.475. The number of phenols is 1. The molecule has 3 rings (SSSR count). The molecule has 3 aromatic carbocycles. The maximum absolute atomic E-state index is 9.50. The Morgan fingerprint density at radius 1 is 0.966 bits per heavy atom. The van der Waals surface area contributed by atoms with Crippen molar-refractivity contribution in [3.8, 4) is 5.75 Å². The molecule has 0 fully saturated rings. The van der Waals surface area contributed by atoms with E-state index in [4.69, 9.17) is 10.7 Å². The van der Waals surface area contributed by atoms with E-state index in [9.17, 15) is 5.11 Å². The molecule has 0 aliphatic heterocycles. The lowest BCUT2D eigenvalue weighted by atomic mass is 9.96. The molecule has 0 amide bonds. The zero-order valence-corrected chi connectivity index (χ0v) is 17.6. The molecule has 0 spiro atoms. The summed E-state index contributed by atoms with van der Waals surface area (Å²) >= 11 is 0. The van der Waals surface area contributed by atoms with Crippen molar-refractivity contribution in [2.45, 2.75) is 34.1 Å². The van der Waals surface area contributed by atoms with E-state index in [0.29, 0.717) is 0 Å². The molecule has 0 atom stereocenters. The highest BCUT2D eigenvalue weighted by Gasteiger charge is 2.09. The average molecular weight is 385 g/mol. The van der Waals surface area contributed by atoms with Gasteiger partial charge in [0.15, 0.2) is 0 Å². The van der Waals surface area contributed by atoms with Crippen LogP contribution in [0, 0.1) is 20.8 Å². The third kappa shape index (κ3) is 4.57. The third-order valence-electron chi connectivity index (χ3n) is 5.24. The Kier molecular flexibility index (Phi) is 5.88. The van der Waals surface area contributed by atoms with Crippen LogP contribution in [-0.2, 0) is 6.42 Å². The van der Waals surface area contributed by atoms with Gasteiger partial charge in [-0.05, 0) is 97.8 Å². The standard InChI is InChI=1S/C26H28N2O/c1-6-22-15-21(14-20-11-16(2)25(27)17(3)12-20)13-18(4)26(22)28-19(5)23-7-9-24(29)10-8-23/h6-13,15,29H,1,14,27H2,2-5H3. The zero-order chi connectivity index (χ0) is 21.1. The highest BCUT2D eigenvalue weighted by atomic mass is 16.3. The Balaban J connectivity index is 1.96. The highest BCUT2D eigenvalue weighted by Crippen LogP contribution is 2.30. The van der Waals surface area contributed by atoms with Crippen molar-refractivity contribution in [2.24, 2.45) is 4.99 Å². The number of phenolic OH excluding ortho intramolecular Hbond substituents is 1. The molecule has 0 radical (unpaired) electrons. The number of hydrogen-bond acceptors (Lipinski definition) is 3. The number of anilines is 1. The van der Waals surface area contributed by atoms with E-state index in [1.807, 2.05) is 25.1 Å². The quantitative estimate of drug-likeness (QED) is 0.402. The number of benzene rings is 3. The molecular formula is C26H28N2O. The summed E-state index contributed by atoms with van der Waals surface area (Å²) in [5, 5.41) is 9.50. The van der Waals surface area contributed by atoms with Gasteiger partial charge in [0.05, 0.1) is 5.69 Å². The van der Waals surface area contributed by atoms with Crippen LogP contribution < -0.4 is 5.73 Å². The zero-order valence-electron chi connectivity index (χ0n) is 17.6. The maximum atomic E-state index is 9.50. The summed E-state index contributed by atoms with van der Waals surface area (Å²) < 4.78 is 0. The smallest absolute Gasteiger partial charge is 0.115 e. The lowest BCUT2D eigenvalue weighted by Crippen LogP contribution is -1.98. The Labute approximate surface area is 173 Å². The summed E-state index contributed by atoms with van der Waals surface area (Å²) in [6.45, 7) is 12.2. The first-order valence-electron chi connectivity index (χ1n) is 9.74. The summed E-state index contributed by atoms with van der Waals surface area (Å²) in [7, 11) is 0. The Bertz CT molecular complexity index is 1070. The highest BCUT2D eigenvalue weighted by molar-refractivity contribution is 6.01. The van der Waals surface area contributed by atoms with Crippen molar-refractivity contribution < 1.29 is 5.11 Å². The van der Waals surface area contributed by atoms with Crippen molar-refractivity contribution in [2.75, 3.05) is 5.73 Å². The summed E-state index contributed by atoms with van der Waals surface area (Å²) in [6, 6.07) is 15.8. The number of aryl methyl sites for hydroxylation is 3. The molecule has 0 bridgehead atoms. The third-order valence-corrected chi connectivity index (χ3v) is 5.24. The Morgan fingerprint density at radius 3 is 2.10 bits per heavy atom. The molecule has 3 heteroatoms. The van der Waals surface area contributed by atoms with Crippen molar-refractivity contribution in [3.63, 3.8) is 0 Å². The number of aromatic hydroxyl groups is 1. The van der Waals surface area contributed by atoms with E-state index < -0.39 is 0 Å². The molecule has 3 nitrogen and oxygen atoms in total. The second-order valence-electron chi connectivity index (χ2n) is 7.62. The maximum Gasteiger partial charge on any atom is 0.115 e. The number of hydrogen-bond donors (Lipinski definition) is 2. The molecule has 29 heavy (non-hydrogen) atoms. The predicted octanol–water partition coefficient (Wildman–Crippen LogP) is 6.27. The van der Waals surface area contributed by atoms with Gasteiger partial charge in [-0.1, -0.05) is 30.9 Å². The van der Waals surface area contributed by atoms with Crippen LogP contribution in [0.4, 0.5) is 11.4 Å². The number of nitrogens with zero attached hydrogens (tertiary/aromatic N) is 1. The Hall–Kier alpha value is -3.33. The minimum absolute atomic E-state index is 0.252. The van der Waals surface area contributed by atoms with Gasteiger partial charge in [0.25, 0.3) is 0 Å². The summed E-state index contributed by atoms with van der Waals surface area (Å²) in [6.07, 6.45) is 2.70. The minimum atomic E-state index is 0.252. The van der Waals surface area contributed by atoms with Crippen LogP contribution in [0.1, 0.15) is 45.9 Å². The van der Waals surface area contributed by atoms with Crippen LogP contribution in [0.15, 0.2) is 60.1 Å². The van der Waals surface area contributed by atoms with Crippen LogP contribution in [0.2, 0.25) is 0 Å². The number of nitrogens with two attached hydrogens (primary N) is 1. The monoisotopic (exact) mass is 384 g/mol. The second kappa shape index (κ2) is 8.36. The largest absolute Gasteiger partial charge is 0.508 e. The van der Waals surface area contributed by atoms with Crippen LogP contribution >= 0.6 is 0 Å². The van der Waals surface area contributed by atoms with Crippen molar-refractivity contribution >= 4 is 23.2 Å². The van der Waals surface area contributed by atoms with Crippen LogP contribution in [0.25, 0.3) is 6.08 Å². The van der Waals surface area contributed by atoms with Gasteiger partial charge in [-0.3, -0.25) is 4.99 Å². The summed E-state index contributed by atoms with van der Waals surface area (Å²) in [4.78, 5) is 4.86. The van der Waals surface area contributed by atoms with Gasteiger partial charge < -0.3 is 10.8 Å². The molecular weight excluding hydrogens is 356 g/mol. The minimum Gasteiger partial charge on any atom is -0.508 e. The first-order chi connectivity index (χ1) is 13.8. The van der Waals surface area contributed by atoms with Gasteiger partial charge in [0, 0.05) is 17.0 Å². The van der Waals surface area contributed by atoms with E-state index in [1.165, 1.54) is 11.1 Å². The first kappa shape index (κ1) is 20.4. The Morgan fingerprint density at radius 2 is 1.52 bits per heavy atom. The molecule has 0 unspecified atom stereocenters. The lowest BCUT2D eigenvalue weighted by Gasteiger charge is -2.13. The molecule has 0 aliphatic rings. The average Bonchev–Trinajstić information content (AvgIpc) is 2.68. The van der Waals surface area contributed by atoms with E-state index in [-0.39, 0.29) is 5.75 Å². The number of nitrogen functional groups attached to an aromatic ring is 1. The summed E-state index contributed by atoms with van der Waals surface area (Å²) in [5.41, 5.74) is 16.6. The SMILES string of the molecule is C=Cc1cc(Cc2cc(C)c(N)c(C)c2)cc(C)c1N=C(C)c1ccc(O)cc1. The number of rotatable bonds is 5. The summed E-state index contributed by atoms with van der Waals surface area (Å²) in [5.74, 6) is 0.252. The van der Waals surface area contributed by atoms with Crippen molar-refractivity contribution in [3.05, 3.63) is 94.1 Å². The molecule has 3 aromatic rings. The van der Waals surface area contributed by atoms with Crippen LogP contribution in [-0.4, -0.2) is 10.8 Å². The van der Waals surface area contributed by atoms with Crippen LogP contribution in [0.5, 0.6) is 5.75 Å². The predicted molar refractivity (Wildman–Crippen MR) is 124 cm³/mol. The molecule has 3 N–H and O–H groups in total. The molecule has 0 saturated carbocycles. The van der Waals surface area contributed by atoms with E-state index >= 15 is 0 Å². The topological polar surface area (TPSA) is 58.6 Å².